The van der Waals surface area contributed by atoms with Gasteiger partial charge in [-0.05, 0) is 61.9 Å². The van der Waals surface area contributed by atoms with E-state index in [0.29, 0.717) is 28.5 Å². The molecule has 2 rings (SSSR count). The third-order valence-electron chi connectivity index (χ3n) is 3.32. The topological polar surface area (TPSA) is 52.6 Å². The van der Waals surface area contributed by atoms with Crippen molar-refractivity contribution in [3.63, 3.8) is 0 Å². The standard InChI is InChI=1S/C19H19ClO4/c1-3-12-23-19(22)13(2)24-17-10-6-15(7-11-17)18(21)14-4-8-16(20)9-5-14/h4-11,13H,3,12H2,1-2H3. The van der Waals surface area contributed by atoms with Crippen molar-refractivity contribution >= 4 is 23.4 Å². The van der Waals surface area contributed by atoms with E-state index in [1.54, 1.807) is 55.5 Å². The molecule has 0 saturated carbocycles. The maximum atomic E-state index is 12.4. The molecule has 0 radical (unpaired) electrons. The van der Waals surface area contributed by atoms with E-state index in [1.165, 1.54) is 0 Å². The lowest BCUT2D eigenvalue weighted by Crippen LogP contribution is -2.26. The summed E-state index contributed by atoms with van der Waals surface area (Å²) in [6.45, 7) is 3.93. The number of halogens is 1. The summed E-state index contributed by atoms with van der Waals surface area (Å²) in [5.41, 5.74) is 1.09. The molecule has 24 heavy (non-hydrogen) atoms. The summed E-state index contributed by atoms with van der Waals surface area (Å²) < 4.78 is 10.6. The van der Waals surface area contributed by atoms with E-state index in [4.69, 9.17) is 21.1 Å². The van der Waals surface area contributed by atoms with E-state index < -0.39 is 12.1 Å². The maximum absolute atomic E-state index is 12.4. The molecule has 1 unspecified atom stereocenters. The van der Waals surface area contributed by atoms with Crippen molar-refractivity contribution in [1.29, 1.82) is 0 Å². The Hall–Kier alpha value is -2.33. The van der Waals surface area contributed by atoms with E-state index in [9.17, 15) is 9.59 Å². The fourth-order valence-corrected chi connectivity index (χ4v) is 2.15. The molecule has 0 fully saturated rings. The zero-order valence-electron chi connectivity index (χ0n) is 13.6. The van der Waals surface area contributed by atoms with Crippen molar-refractivity contribution in [2.24, 2.45) is 0 Å². The molecule has 0 heterocycles. The van der Waals surface area contributed by atoms with Crippen LogP contribution in [0.4, 0.5) is 0 Å². The van der Waals surface area contributed by atoms with Crippen molar-refractivity contribution < 1.29 is 19.1 Å². The summed E-state index contributed by atoms with van der Waals surface area (Å²) in [6, 6.07) is 13.4. The van der Waals surface area contributed by atoms with Gasteiger partial charge in [-0.2, -0.15) is 0 Å². The van der Waals surface area contributed by atoms with Gasteiger partial charge in [-0.1, -0.05) is 18.5 Å². The van der Waals surface area contributed by atoms with Gasteiger partial charge in [0.1, 0.15) is 5.75 Å². The smallest absolute Gasteiger partial charge is 0.347 e. The molecule has 0 aliphatic rings. The zero-order valence-corrected chi connectivity index (χ0v) is 14.4. The van der Waals surface area contributed by atoms with Crippen LogP contribution >= 0.6 is 11.6 Å². The van der Waals surface area contributed by atoms with Gasteiger partial charge in [0.25, 0.3) is 0 Å². The Bertz CT molecular complexity index is 692. The highest BCUT2D eigenvalue weighted by Gasteiger charge is 2.16. The van der Waals surface area contributed by atoms with Crippen molar-refractivity contribution in [3.8, 4) is 5.75 Å². The van der Waals surface area contributed by atoms with Crippen LogP contribution < -0.4 is 4.74 Å². The van der Waals surface area contributed by atoms with Gasteiger partial charge in [-0.25, -0.2) is 4.79 Å². The molecule has 0 amide bonds. The number of carbonyl (C=O) groups is 2. The molecule has 0 aromatic heterocycles. The van der Waals surface area contributed by atoms with Gasteiger partial charge < -0.3 is 9.47 Å². The van der Waals surface area contributed by atoms with Crippen LogP contribution in [0.1, 0.15) is 36.2 Å². The number of hydrogen-bond donors (Lipinski definition) is 0. The number of carbonyl (C=O) groups excluding carboxylic acids is 2. The molecule has 0 spiro atoms. The highest BCUT2D eigenvalue weighted by Crippen LogP contribution is 2.18. The van der Waals surface area contributed by atoms with Crippen LogP contribution in [0, 0.1) is 0 Å². The van der Waals surface area contributed by atoms with Gasteiger partial charge in [0.2, 0.25) is 0 Å². The number of rotatable bonds is 7. The Labute approximate surface area is 146 Å². The Morgan fingerprint density at radius 2 is 1.54 bits per heavy atom. The summed E-state index contributed by atoms with van der Waals surface area (Å²) in [5.74, 6) is -0.00427. The summed E-state index contributed by atoms with van der Waals surface area (Å²) in [4.78, 5) is 24.0. The number of ketones is 1. The number of esters is 1. The minimum atomic E-state index is -0.700. The number of ether oxygens (including phenoxy) is 2. The quantitative estimate of drug-likeness (QED) is 0.554. The Balaban J connectivity index is 2.01. The Morgan fingerprint density at radius 1 is 1.00 bits per heavy atom. The SMILES string of the molecule is CCCOC(=O)C(C)Oc1ccc(C(=O)c2ccc(Cl)cc2)cc1. The van der Waals surface area contributed by atoms with Crippen LogP contribution in [0.3, 0.4) is 0 Å². The first kappa shape index (κ1) is 18.0. The van der Waals surface area contributed by atoms with Gasteiger partial charge in [0.05, 0.1) is 6.61 Å². The molecule has 126 valence electrons. The molecule has 0 N–H and O–H groups in total. The fourth-order valence-electron chi connectivity index (χ4n) is 2.03. The lowest BCUT2D eigenvalue weighted by atomic mass is 10.0. The summed E-state index contributed by atoms with van der Waals surface area (Å²) in [7, 11) is 0. The largest absolute Gasteiger partial charge is 0.479 e. The van der Waals surface area contributed by atoms with Crippen LogP contribution in [-0.4, -0.2) is 24.5 Å². The van der Waals surface area contributed by atoms with Crippen LogP contribution in [0.25, 0.3) is 0 Å². The lowest BCUT2D eigenvalue weighted by Gasteiger charge is -2.14. The molecule has 0 aliphatic heterocycles. The normalized spacial score (nSPS) is 11.6. The van der Waals surface area contributed by atoms with Crippen molar-refractivity contribution in [3.05, 3.63) is 64.7 Å². The molecule has 0 aliphatic carbocycles. The van der Waals surface area contributed by atoms with E-state index >= 15 is 0 Å². The van der Waals surface area contributed by atoms with Crippen LogP contribution in [0.2, 0.25) is 5.02 Å². The van der Waals surface area contributed by atoms with Gasteiger partial charge in [0, 0.05) is 16.1 Å². The first-order valence-electron chi connectivity index (χ1n) is 7.75. The highest BCUT2D eigenvalue weighted by molar-refractivity contribution is 6.30. The van der Waals surface area contributed by atoms with Crippen molar-refractivity contribution in [2.75, 3.05) is 6.61 Å². The van der Waals surface area contributed by atoms with E-state index in [-0.39, 0.29) is 5.78 Å². The van der Waals surface area contributed by atoms with Gasteiger partial charge in [-0.3, -0.25) is 4.79 Å². The predicted molar refractivity (Wildman–Crippen MR) is 92.7 cm³/mol. The second-order valence-corrected chi connectivity index (χ2v) is 5.72. The summed E-state index contributed by atoms with van der Waals surface area (Å²) >= 11 is 5.82. The van der Waals surface area contributed by atoms with Gasteiger partial charge in [-0.15, -0.1) is 0 Å². The minimum Gasteiger partial charge on any atom is -0.479 e. The monoisotopic (exact) mass is 346 g/mol. The molecule has 2 aromatic rings. The fraction of sp³-hybridized carbons (Fsp3) is 0.263. The van der Waals surface area contributed by atoms with E-state index in [0.717, 1.165) is 6.42 Å². The molecule has 4 nitrogen and oxygen atoms in total. The second kappa shape index (κ2) is 8.50. The minimum absolute atomic E-state index is 0.103. The number of hydrogen-bond acceptors (Lipinski definition) is 4. The van der Waals surface area contributed by atoms with Crippen molar-refractivity contribution in [1.82, 2.24) is 0 Å². The summed E-state index contributed by atoms with van der Waals surface area (Å²) in [5, 5.41) is 0.583. The Kier molecular flexibility index (Phi) is 6.38. The average molecular weight is 347 g/mol. The first-order valence-corrected chi connectivity index (χ1v) is 8.12. The molecule has 2 aromatic carbocycles. The number of benzene rings is 2. The maximum Gasteiger partial charge on any atom is 0.347 e. The van der Waals surface area contributed by atoms with Gasteiger partial charge >= 0.3 is 5.97 Å². The van der Waals surface area contributed by atoms with E-state index in [1.807, 2.05) is 6.92 Å². The zero-order chi connectivity index (χ0) is 17.5. The molecular formula is C19H19ClO4. The third-order valence-corrected chi connectivity index (χ3v) is 3.57. The van der Waals surface area contributed by atoms with E-state index in [2.05, 4.69) is 0 Å². The second-order valence-electron chi connectivity index (χ2n) is 5.29. The highest BCUT2D eigenvalue weighted by atomic mass is 35.5. The molecule has 1 atom stereocenters. The lowest BCUT2D eigenvalue weighted by molar-refractivity contribution is -0.151. The van der Waals surface area contributed by atoms with Crippen molar-refractivity contribution in [2.45, 2.75) is 26.4 Å². The Morgan fingerprint density at radius 3 is 2.08 bits per heavy atom. The predicted octanol–water partition coefficient (Wildman–Crippen LogP) is 4.29. The van der Waals surface area contributed by atoms with Gasteiger partial charge in [0.15, 0.2) is 11.9 Å². The first-order chi connectivity index (χ1) is 11.5. The third kappa shape index (κ3) is 4.83. The molecule has 0 saturated heterocycles. The molecule has 5 heteroatoms. The van der Waals surface area contributed by atoms with Crippen LogP contribution in [-0.2, 0) is 9.53 Å². The summed E-state index contributed by atoms with van der Waals surface area (Å²) in [6.07, 6.45) is 0.0642. The van der Waals surface area contributed by atoms with Crippen LogP contribution in [0.15, 0.2) is 48.5 Å². The molecule has 0 bridgehead atoms. The molecular weight excluding hydrogens is 328 g/mol. The van der Waals surface area contributed by atoms with Crippen LogP contribution in [0.5, 0.6) is 5.75 Å². The average Bonchev–Trinajstić information content (AvgIpc) is 2.60.